The first-order valence-corrected chi connectivity index (χ1v) is 4.88. The van der Waals surface area contributed by atoms with Gasteiger partial charge in [0.1, 0.15) is 6.10 Å². The van der Waals surface area contributed by atoms with Gasteiger partial charge in [0.05, 0.1) is 5.60 Å². The molecule has 0 aromatic heterocycles. The van der Waals surface area contributed by atoms with E-state index in [0.717, 1.165) is 5.56 Å². The van der Waals surface area contributed by atoms with Crippen molar-refractivity contribution in [3.63, 3.8) is 0 Å². The van der Waals surface area contributed by atoms with Crippen molar-refractivity contribution < 1.29 is 9.78 Å². The van der Waals surface area contributed by atoms with Crippen LogP contribution in [0.15, 0.2) is 30.3 Å². The standard InChI is InChI=1S/C12H18O2/c1-10(13-14-12(2,3)4)11-8-6-5-7-9-11/h5-10H,1-4H3. The van der Waals surface area contributed by atoms with Crippen LogP contribution in [0.25, 0.3) is 0 Å². The second-order valence-electron chi connectivity index (χ2n) is 4.34. The maximum Gasteiger partial charge on any atom is 0.115 e. The van der Waals surface area contributed by atoms with E-state index < -0.39 is 0 Å². The van der Waals surface area contributed by atoms with E-state index in [9.17, 15) is 0 Å². The summed E-state index contributed by atoms with van der Waals surface area (Å²) in [6.07, 6.45) is -0.0320. The Morgan fingerprint density at radius 2 is 1.64 bits per heavy atom. The third-order valence-electron chi connectivity index (χ3n) is 1.71. The van der Waals surface area contributed by atoms with Gasteiger partial charge < -0.3 is 0 Å². The van der Waals surface area contributed by atoms with E-state index in [0.29, 0.717) is 0 Å². The van der Waals surface area contributed by atoms with Gasteiger partial charge in [0.2, 0.25) is 0 Å². The molecule has 0 aliphatic rings. The highest BCUT2D eigenvalue weighted by Crippen LogP contribution is 2.19. The molecule has 0 amide bonds. The van der Waals surface area contributed by atoms with Crippen molar-refractivity contribution in [2.45, 2.75) is 39.4 Å². The fourth-order valence-corrected chi connectivity index (χ4v) is 0.996. The fraction of sp³-hybridized carbons (Fsp3) is 0.500. The lowest BCUT2D eigenvalue weighted by Gasteiger charge is -2.21. The third kappa shape index (κ3) is 3.90. The summed E-state index contributed by atoms with van der Waals surface area (Å²) in [6.45, 7) is 7.86. The van der Waals surface area contributed by atoms with E-state index in [1.807, 2.05) is 58.0 Å². The Labute approximate surface area is 85.8 Å². The van der Waals surface area contributed by atoms with Crippen molar-refractivity contribution in [1.82, 2.24) is 0 Å². The molecule has 1 atom stereocenters. The maximum absolute atomic E-state index is 5.29. The highest BCUT2D eigenvalue weighted by Gasteiger charge is 2.14. The minimum absolute atomic E-state index is 0.0320. The minimum atomic E-state index is -0.261. The summed E-state index contributed by atoms with van der Waals surface area (Å²) in [5, 5.41) is 0. The summed E-state index contributed by atoms with van der Waals surface area (Å²) < 4.78 is 0. The minimum Gasteiger partial charge on any atom is -0.230 e. The first-order chi connectivity index (χ1) is 6.49. The van der Waals surface area contributed by atoms with Gasteiger partial charge in [0, 0.05) is 0 Å². The molecule has 1 rings (SSSR count). The Balaban J connectivity index is 2.48. The van der Waals surface area contributed by atoms with Crippen molar-refractivity contribution in [1.29, 1.82) is 0 Å². The molecule has 1 aromatic carbocycles. The van der Waals surface area contributed by atoms with Gasteiger partial charge in [-0.3, -0.25) is 0 Å². The average molecular weight is 194 g/mol. The van der Waals surface area contributed by atoms with Crippen molar-refractivity contribution in [3.05, 3.63) is 35.9 Å². The fourth-order valence-electron chi connectivity index (χ4n) is 0.996. The van der Waals surface area contributed by atoms with Gasteiger partial charge in [0.15, 0.2) is 0 Å². The Bertz CT molecular complexity index is 261. The van der Waals surface area contributed by atoms with Crippen LogP contribution in [0.1, 0.15) is 39.4 Å². The molecule has 0 fully saturated rings. The predicted molar refractivity (Wildman–Crippen MR) is 56.8 cm³/mol. The summed E-state index contributed by atoms with van der Waals surface area (Å²) >= 11 is 0. The van der Waals surface area contributed by atoms with E-state index in [-0.39, 0.29) is 11.7 Å². The summed E-state index contributed by atoms with van der Waals surface area (Å²) in [5.41, 5.74) is 0.861. The van der Waals surface area contributed by atoms with Crippen molar-refractivity contribution in [2.75, 3.05) is 0 Å². The van der Waals surface area contributed by atoms with Gasteiger partial charge in [-0.1, -0.05) is 30.3 Å². The van der Waals surface area contributed by atoms with Gasteiger partial charge in [-0.2, -0.15) is 0 Å². The molecule has 0 radical (unpaired) electrons. The monoisotopic (exact) mass is 194 g/mol. The van der Waals surface area contributed by atoms with Gasteiger partial charge in [0.25, 0.3) is 0 Å². The molecule has 0 saturated heterocycles. The van der Waals surface area contributed by atoms with Gasteiger partial charge in [-0.25, -0.2) is 9.78 Å². The Kier molecular flexibility index (Phi) is 3.67. The molecule has 0 aliphatic carbocycles. The van der Waals surface area contributed by atoms with E-state index in [2.05, 4.69) is 0 Å². The maximum atomic E-state index is 5.29. The normalized spacial score (nSPS) is 14.0. The van der Waals surface area contributed by atoms with Gasteiger partial charge in [-0.15, -0.1) is 0 Å². The topological polar surface area (TPSA) is 18.5 Å². The number of hydrogen-bond acceptors (Lipinski definition) is 2. The second kappa shape index (κ2) is 4.58. The molecule has 0 bridgehead atoms. The zero-order valence-electron chi connectivity index (χ0n) is 9.28. The van der Waals surface area contributed by atoms with Crippen LogP contribution in [-0.4, -0.2) is 5.60 Å². The molecule has 2 nitrogen and oxygen atoms in total. The van der Waals surface area contributed by atoms with Crippen molar-refractivity contribution in [2.24, 2.45) is 0 Å². The van der Waals surface area contributed by atoms with Crippen LogP contribution in [-0.2, 0) is 9.78 Å². The molecule has 2 heteroatoms. The molecule has 0 spiro atoms. The van der Waals surface area contributed by atoms with Crippen molar-refractivity contribution >= 4 is 0 Å². The largest absolute Gasteiger partial charge is 0.230 e. The summed E-state index contributed by atoms with van der Waals surface area (Å²) in [4.78, 5) is 10.5. The van der Waals surface area contributed by atoms with E-state index in [4.69, 9.17) is 9.78 Å². The smallest absolute Gasteiger partial charge is 0.115 e. The van der Waals surface area contributed by atoms with Crippen LogP contribution in [0, 0.1) is 0 Å². The molecular weight excluding hydrogens is 176 g/mol. The van der Waals surface area contributed by atoms with Crippen LogP contribution in [0.2, 0.25) is 0 Å². The molecule has 1 unspecified atom stereocenters. The van der Waals surface area contributed by atoms with Crippen LogP contribution in [0.5, 0.6) is 0 Å². The van der Waals surface area contributed by atoms with Crippen LogP contribution in [0.3, 0.4) is 0 Å². The third-order valence-corrected chi connectivity index (χ3v) is 1.71. The molecule has 78 valence electrons. The molecule has 1 aromatic rings. The summed E-state index contributed by atoms with van der Waals surface area (Å²) in [5.74, 6) is 0. The second-order valence-corrected chi connectivity index (χ2v) is 4.34. The Morgan fingerprint density at radius 3 is 2.14 bits per heavy atom. The number of rotatable bonds is 3. The summed E-state index contributed by atoms with van der Waals surface area (Å²) in [7, 11) is 0. The van der Waals surface area contributed by atoms with Gasteiger partial charge >= 0.3 is 0 Å². The van der Waals surface area contributed by atoms with Crippen molar-refractivity contribution in [3.8, 4) is 0 Å². The van der Waals surface area contributed by atoms with Crippen LogP contribution in [0.4, 0.5) is 0 Å². The summed E-state index contributed by atoms with van der Waals surface area (Å²) in [6, 6.07) is 10.0. The van der Waals surface area contributed by atoms with E-state index in [1.165, 1.54) is 0 Å². The highest BCUT2D eigenvalue weighted by atomic mass is 17.2. The molecule has 14 heavy (non-hydrogen) atoms. The molecule has 0 saturated carbocycles. The quantitative estimate of drug-likeness (QED) is 0.541. The predicted octanol–water partition coefficient (Wildman–Crippen LogP) is 3.49. The van der Waals surface area contributed by atoms with E-state index in [1.54, 1.807) is 0 Å². The average Bonchev–Trinajstić information content (AvgIpc) is 2.14. The highest BCUT2D eigenvalue weighted by molar-refractivity contribution is 5.16. The lowest BCUT2D eigenvalue weighted by molar-refractivity contribution is -0.372. The Hall–Kier alpha value is -0.860. The van der Waals surface area contributed by atoms with E-state index >= 15 is 0 Å². The SMILES string of the molecule is CC(OOC(C)(C)C)c1ccccc1. The lowest BCUT2D eigenvalue weighted by atomic mass is 10.1. The Morgan fingerprint density at radius 1 is 1.07 bits per heavy atom. The molecule has 0 N–H and O–H groups in total. The lowest BCUT2D eigenvalue weighted by Crippen LogP contribution is -2.20. The zero-order chi connectivity index (χ0) is 10.6. The first-order valence-electron chi connectivity index (χ1n) is 4.88. The zero-order valence-corrected chi connectivity index (χ0v) is 9.28. The van der Waals surface area contributed by atoms with Gasteiger partial charge in [-0.05, 0) is 33.3 Å². The molecule has 0 aliphatic heterocycles. The number of benzene rings is 1. The molecular formula is C12H18O2. The van der Waals surface area contributed by atoms with Crippen LogP contribution >= 0.6 is 0 Å². The number of hydrogen-bond donors (Lipinski definition) is 0. The first kappa shape index (κ1) is 11.2. The van der Waals surface area contributed by atoms with Crippen LogP contribution < -0.4 is 0 Å². The molecule has 0 heterocycles.